The summed E-state index contributed by atoms with van der Waals surface area (Å²) >= 11 is 7.69. The van der Waals surface area contributed by atoms with E-state index in [-0.39, 0.29) is 11.1 Å². The molecule has 0 bridgehead atoms. The number of alkyl halides is 1. The zero-order valence-electron chi connectivity index (χ0n) is 8.85. The lowest BCUT2D eigenvalue weighted by Crippen LogP contribution is -2.19. The average Bonchev–Trinajstić information content (AvgIpc) is 2.26. The number of carbonyl (C=O) groups excluding carboxylic acids is 1. The number of hydrogen-bond donors (Lipinski definition) is 2. The molecule has 0 aliphatic heterocycles. The first-order valence-electron chi connectivity index (χ1n) is 4.73. The number of hydrogen-bond acceptors (Lipinski definition) is 3. The SMILES string of the molecule is CC(Cl)C(=O)c1cc(I)ccc1C(O)C(=O)O. The van der Waals surface area contributed by atoms with E-state index in [1.54, 1.807) is 6.07 Å². The van der Waals surface area contributed by atoms with Gasteiger partial charge in [-0.3, -0.25) is 4.79 Å². The Balaban J connectivity index is 3.31. The minimum Gasteiger partial charge on any atom is -0.479 e. The topological polar surface area (TPSA) is 74.6 Å². The van der Waals surface area contributed by atoms with Gasteiger partial charge in [0.05, 0.1) is 5.38 Å². The molecule has 92 valence electrons. The highest BCUT2D eigenvalue weighted by atomic mass is 127. The van der Waals surface area contributed by atoms with Crippen LogP contribution in [-0.4, -0.2) is 27.3 Å². The summed E-state index contributed by atoms with van der Waals surface area (Å²) in [5, 5.41) is 17.5. The quantitative estimate of drug-likeness (QED) is 0.485. The third-order valence-corrected chi connectivity index (χ3v) is 3.04. The van der Waals surface area contributed by atoms with Crippen molar-refractivity contribution < 1.29 is 19.8 Å². The monoisotopic (exact) mass is 368 g/mol. The van der Waals surface area contributed by atoms with Gasteiger partial charge in [0.2, 0.25) is 0 Å². The van der Waals surface area contributed by atoms with E-state index in [1.807, 2.05) is 22.6 Å². The zero-order valence-corrected chi connectivity index (χ0v) is 11.8. The number of Topliss-reactive ketones (excluding diaryl/α,β-unsaturated/α-hetero) is 1. The molecule has 4 nitrogen and oxygen atoms in total. The van der Waals surface area contributed by atoms with E-state index in [9.17, 15) is 14.7 Å². The molecular weight excluding hydrogens is 358 g/mol. The number of rotatable bonds is 4. The van der Waals surface area contributed by atoms with Crippen molar-refractivity contribution in [1.82, 2.24) is 0 Å². The Labute approximate surface area is 117 Å². The largest absolute Gasteiger partial charge is 0.479 e. The molecule has 0 heterocycles. The summed E-state index contributed by atoms with van der Waals surface area (Å²) in [6.07, 6.45) is -1.72. The van der Waals surface area contributed by atoms with Gasteiger partial charge in [0, 0.05) is 14.7 Å². The lowest BCUT2D eigenvalue weighted by molar-refractivity contribution is -0.146. The van der Waals surface area contributed by atoms with E-state index < -0.39 is 23.2 Å². The molecule has 0 radical (unpaired) electrons. The van der Waals surface area contributed by atoms with Crippen LogP contribution in [0.25, 0.3) is 0 Å². The molecule has 0 aliphatic carbocycles. The summed E-state index contributed by atoms with van der Waals surface area (Å²) in [5.74, 6) is -1.80. The van der Waals surface area contributed by atoms with Gasteiger partial charge in [-0.2, -0.15) is 0 Å². The van der Waals surface area contributed by atoms with Crippen molar-refractivity contribution in [3.05, 3.63) is 32.9 Å². The standard InChI is InChI=1S/C11H10ClIO4/c1-5(12)9(14)8-4-6(13)2-3-7(8)10(15)11(16)17/h2-5,10,15H,1H3,(H,16,17). The fourth-order valence-electron chi connectivity index (χ4n) is 1.33. The van der Waals surface area contributed by atoms with Crippen molar-refractivity contribution in [3.8, 4) is 0 Å². The van der Waals surface area contributed by atoms with Gasteiger partial charge in [0.15, 0.2) is 11.9 Å². The highest BCUT2D eigenvalue weighted by Crippen LogP contribution is 2.23. The number of aliphatic hydroxyl groups excluding tert-OH is 1. The van der Waals surface area contributed by atoms with Gasteiger partial charge >= 0.3 is 5.97 Å². The van der Waals surface area contributed by atoms with Crippen LogP contribution in [0, 0.1) is 3.57 Å². The summed E-state index contributed by atoms with van der Waals surface area (Å²) in [6.45, 7) is 1.50. The number of aliphatic carboxylic acids is 1. The molecule has 0 saturated heterocycles. The number of carboxylic acid groups (broad SMARTS) is 1. The van der Waals surface area contributed by atoms with E-state index in [0.717, 1.165) is 3.57 Å². The first-order chi connectivity index (χ1) is 7.84. The summed E-state index contributed by atoms with van der Waals surface area (Å²) in [5.41, 5.74) is 0.213. The van der Waals surface area contributed by atoms with Gasteiger partial charge in [-0.1, -0.05) is 6.07 Å². The highest BCUT2D eigenvalue weighted by molar-refractivity contribution is 14.1. The van der Waals surface area contributed by atoms with Crippen LogP contribution in [0.2, 0.25) is 0 Å². The van der Waals surface area contributed by atoms with Crippen molar-refractivity contribution in [2.45, 2.75) is 18.4 Å². The molecule has 0 saturated carbocycles. The zero-order chi connectivity index (χ0) is 13.2. The van der Waals surface area contributed by atoms with Crippen LogP contribution in [0.15, 0.2) is 18.2 Å². The number of ketones is 1. The minimum atomic E-state index is -1.72. The molecule has 6 heteroatoms. The third kappa shape index (κ3) is 3.40. The molecule has 0 aromatic heterocycles. The molecule has 2 atom stereocenters. The van der Waals surface area contributed by atoms with Crippen molar-refractivity contribution >= 4 is 45.9 Å². The molecule has 2 unspecified atom stereocenters. The van der Waals surface area contributed by atoms with Gasteiger partial charge < -0.3 is 10.2 Å². The molecule has 1 aromatic rings. The maximum absolute atomic E-state index is 11.8. The summed E-state index contributed by atoms with van der Waals surface area (Å²) < 4.78 is 0.768. The number of carboxylic acids is 1. The summed E-state index contributed by atoms with van der Waals surface area (Å²) in [7, 11) is 0. The van der Waals surface area contributed by atoms with E-state index in [2.05, 4.69) is 0 Å². The first-order valence-corrected chi connectivity index (χ1v) is 6.24. The van der Waals surface area contributed by atoms with E-state index >= 15 is 0 Å². The van der Waals surface area contributed by atoms with Gasteiger partial charge in [-0.05, 0) is 41.6 Å². The van der Waals surface area contributed by atoms with Gasteiger partial charge in [0.25, 0.3) is 0 Å². The van der Waals surface area contributed by atoms with Gasteiger partial charge in [-0.15, -0.1) is 11.6 Å². The fraction of sp³-hybridized carbons (Fsp3) is 0.273. The predicted molar refractivity (Wildman–Crippen MR) is 71.4 cm³/mol. The maximum atomic E-state index is 11.8. The Morgan fingerprint density at radius 3 is 2.47 bits per heavy atom. The highest BCUT2D eigenvalue weighted by Gasteiger charge is 2.24. The minimum absolute atomic E-state index is 0.0652. The van der Waals surface area contributed by atoms with Crippen LogP contribution in [0.1, 0.15) is 28.9 Å². The number of halogens is 2. The van der Waals surface area contributed by atoms with Gasteiger partial charge in [0.1, 0.15) is 0 Å². The van der Waals surface area contributed by atoms with Crippen LogP contribution in [0.3, 0.4) is 0 Å². The van der Waals surface area contributed by atoms with Crippen LogP contribution >= 0.6 is 34.2 Å². The molecular formula is C11H10ClIO4. The number of aliphatic hydroxyl groups is 1. The van der Waals surface area contributed by atoms with Crippen molar-refractivity contribution in [3.63, 3.8) is 0 Å². The Hall–Kier alpha value is -0.660. The molecule has 0 spiro atoms. The third-order valence-electron chi connectivity index (χ3n) is 2.17. The molecule has 0 fully saturated rings. The molecule has 1 aromatic carbocycles. The van der Waals surface area contributed by atoms with Gasteiger partial charge in [-0.25, -0.2) is 4.79 Å². The molecule has 2 N–H and O–H groups in total. The average molecular weight is 369 g/mol. The molecule has 0 amide bonds. The van der Waals surface area contributed by atoms with Crippen molar-refractivity contribution in [1.29, 1.82) is 0 Å². The van der Waals surface area contributed by atoms with Crippen molar-refractivity contribution in [2.75, 3.05) is 0 Å². The second-order valence-electron chi connectivity index (χ2n) is 3.45. The summed E-state index contributed by atoms with van der Waals surface area (Å²) in [4.78, 5) is 22.5. The molecule has 17 heavy (non-hydrogen) atoms. The normalized spacial score (nSPS) is 14.1. The van der Waals surface area contributed by atoms with Crippen LogP contribution in [0.4, 0.5) is 0 Å². The van der Waals surface area contributed by atoms with Crippen LogP contribution < -0.4 is 0 Å². The van der Waals surface area contributed by atoms with Crippen molar-refractivity contribution in [2.24, 2.45) is 0 Å². The molecule has 0 aliphatic rings. The first kappa shape index (κ1) is 14.4. The fourth-order valence-corrected chi connectivity index (χ4v) is 1.94. The smallest absolute Gasteiger partial charge is 0.337 e. The predicted octanol–water partition coefficient (Wildman–Crippen LogP) is 2.22. The van der Waals surface area contributed by atoms with Crippen LogP contribution in [-0.2, 0) is 4.79 Å². The van der Waals surface area contributed by atoms with E-state index in [4.69, 9.17) is 16.7 Å². The Bertz CT molecular complexity index is 459. The maximum Gasteiger partial charge on any atom is 0.337 e. The number of carbonyl (C=O) groups is 2. The lowest BCUT2D eigenvalue weighted by Gasteiger charge is -2.13. The van der Waals surface area contributed by atoms with E-state index in [1.165, 1.54) is 19.1 Å². The number of benzene rings is 1. The Morgan fingerprint density at radius 2 is 2.00 bits per heavy atom. The Morgan fingerprint density at radius 1 is 1.41 bits per heavy atom. The van der Waals surface area contributed by atoms with E-state index in [0.29, 0.717) is 0 Å². The second kappa shape index (κ2) is 5.79. The Kier molecular flexibility index (Phi) is 4.91. The lowest BCUT2D eigenvalue weighted by atomic mass is 9.98. The second-order valence-corrected chi connectivity index (χ2v) is 5.35. The molecule has 1 rings (SSSR count). The summed E-state index contributed by atoms with van der Waals surface area (Å²) in [6, 6.07) is 4.56. The van der Waals surface area contributed by atoms with Crippen LogP contribution in [0.5, 0.6) is 0 Å².